The van der Waals surface area contributed by atoms with Crippen LogP contribution in [-0.2, 0) is 22.4 Å². The third-order valence-corrected chi connectivity index (χ3v) is 5.17. The van der Waals surface area contributed by atoms with Crippen molar-refractivity contribution in [1.82, 2.24) is 15.2 Å². The van der Waals surface area contributed by atoms with Gasteiger partial charge in [0, 0.05) is 37.2 Å². The highest BCUT2D eigenvalue weighted by atomic mass is 32.1. The molecular weight excluding hydrogens is 348 g/mol. The number of morpholine rings is 1. The minimum absolute atomic E-state index is 0.0161. The van der Waals surface area contributed by atoms with Gasteiger partial charge in [-0.05, 0) is 24.1 Å². The van der Waals surface area contributed by atoms with Crippen LogP contribution in [0.2, 0.25) is 0 Å². The molecule has 0 atom stereocenters. The molecule has 1 aromatic carbocycles. The van der Waals surface area contributed by atoms with Gasteiger partial charge in [0.05, 0.1) is 25.3 Å². The number of ether oxygens (including phenoxy) is 1. The highest BCUT2D eigenvalue weighted by molar-refractivity contribution is 7.13. The third-order valence-electron chi connectivity index (χ3n) is 4.36. The molecule has 1 aliphatic heterocycles. The molecule has 2 aromatic rings. The second kappa shape index (κ2) is 9.66. The first-order valence-electron chi connectivity index (χ1n) is 9.10. The van der Waals surface area contributed by atoms with Crippen LogP contribution >= 0.6 is 11.3 Å². The summed E-state index contributed by atoms with van der Waals surface area (Å²) in [4.78, 5) is 18.9. The molecule has 1 amide bonds. The molecule has 0 spiro atoms. The summed E-state index contributed by atoms with van der Waals surface area (Å²) in [5, 5.41) is 9.01. The van der Waals surface area contributed by atoms with Crippen molar-refractivity contribution in [3.8, 4) is 0 Å². The third kappa shape index (κ3) is 5.79. The number of hydrogen-bond donors (Lipinski definition) is 2. The number of nitrogens with one attached hydrogen (secondary N) is 2. The molecule has 26 heavy (non-hydrogen) atoms. The summed E-state index contributed by atoms with van der Waals surface area (Å²) >= 11 is 1.52. The molecule has 0 radical (unpaired) electrons. The molecule has 1 saturated heterocycles. The maximum absolute atomic E-state index is 12.1. The highest BCUT2D eigenvalue weighted by Gasteiger charge is 2.11. The zero-order chi connectivity index (χ0) is 18.2. The molecule has 0 bridgehead atoms. The van der Waals surface area contributed by atoms with E-state index in [1.165, 1.54) is 16.9 Å². The minimum atomic E-state index is 0.0161. The van der Waals surface area contributed by atoms with Crippen molar-refractivity contribution in [2.24, 2.45) is 0 Å². The number of aromatic nitrogens is 1. The zero-order valence-corrected chi connectivity index (χ0v) is 16.0. The van der Waals surface area contributed by atoms with Gasteiger partial charge in [-0.2, -0.15) is 0 Å². The number of carbonyl (C=O) groups is 1. The minimum Gasteiger partial charge on any atom is -0.379 e. The first-order valence-corrected chi connectivity index (χ1v) is 9.98. The van der Waals surface area contributed by atoms with Gasteiger partial charge in [-0.15, -0.1) is 11.3 Å². The first kappa shape index (κ1) is 18.8. The average molecular weight is 375 g/mol. The Morgan fingerprint density at radius 2 is 2.04 bits per heavy atom. The SMILES string of the molecule is CCc1ccc(Nc2nc(CC(=O)NCCN3CCOCC3)cs2)cc1. The van der Waals surface area contributed by atoms with E-state index >= 15 is 0 Å². The summed E-state index contributed by atoms with van der Waals surface area (Å²) in [6.07, 6.45) is 1.35. The second-order valence-corrected chi connectivity index (χ2v) is 7.16. The number of nitrogens with zero attached hydrogens (tertiary/aromatic N) is 2. The van der Waals surface area contributed by atoms with Crippen LogP contribution in [0.5, 0.6) is 0 Å². The van der Waals surface area contributed by atoms with Crippen molar-refractivity contribution in [3.05, 3.63) is 40.9 Å². The van der Waals surface area contributed by atoms with E-state index in [9.17, 15) is 4.79 Å². The molecule has 0 aliphatic carbocycles. The Bertz CT molecular complexity index is 696. The normalized spacial score (nSPS) is 15.0. The predicted molar refractivity (Wildman–Crippen MR) is 105 cm³/mol. The van der Waals surface area contributed by atoms with Crippen LogP contribution in [0.4, 0.5) is 10.8 Å². The smallest absolute Gasteiger partial charge is 0.226 e. The lowest BCUT2D eigenvalue weighted by Crippen LogP contribution is -2.41. The van der Waals surface area contributed by atoms with Crippen molar-refractivity contribution < 1.29 is 9.53 Å². The van der Waals surface area contributed by atoms with Crippen LogP contribution in [-0.4, -0.2) is 55.2 Å². The fourth-order valence-corrected chi connectivity index (χ4v) is 3.53. The molecule has 1 aromatic heterocycles. The second-order valence-electron chi connectivity index (χ2n) is 6.30. The van der Waals surface area contributed by atoms with Gasteiger partial charge in [-0.25, -0.2) is 4.98 Å². The summed E-state index contributed by atoms with van der Waals surface area (Å²) in [7, 11) is 0. The van der Waals surface area contributed by atoms with E-state index in [4.69, 9.17) is 4.74 Å². The summed E-state index contributed by atoms with van der Waals surface area (Å²) < 4.78 is 5.32. The fraction of sp³-hybridized carbons (Fsp3) is 0.474. The molecule has 6 nitrogen and oxygen atoms in total. The molecule has 0 unspecified atom stereocenters. The Hall–Kier alpha value is -1.96. The monoisotopic (exact) mass is 374 g/mol. The number of benzene rings is 1. The van der Waals surface area contributed by atoms with Crippen molar-refractivity contribution in [2.45, 2.75) is 19.8 Å². The van der Waals surface area contributed by atoms with Crippen LogP contribution in [0.1, 0.15) is 18.2 Å². The Labute approximate surface area is 158 Å². The average Bonchev–Trinajstić information content (AvgIpc) is 3.10. The van der Waals surface area contributed by atoms with Crippen LogP contribution in [0, 0.1) is 0 Å². The quantitative estimate of drug-likeness (QED) is 0.743. The molecule has 1 fully saturated rings. The number of hydrogen-bond acceptors (Lipinski definition) is 6. The maximum Gasteiger partial charge on any atom is 0.226 e. The van der Waals surface area contributed by atoms with Gasteiger partial charge in [0.1, 0.15) is 0 Å². The van der Waals surface area contributed by atoms with E-state index in [1.54, 1.807) is 0 Å². The maximum atomic E-state index is 12.1. The summed E-state index contributed by atoms with van der Waals surface area (Å²) in [5.41, 5.74) is 3.12. The van der Waals surface area contributed by atoms with Gasteiger partial charge in [-0.3, -0.25) is 9.69 Å². The van der Waals surface area contributed by atoms with Gasteiger partial charge in [-0.1, -0.05) is 19.1 Å². The van der Waals surface area contributed by atoms with E-state index in [0.717, 1.165) is 55.8 Å². The lowest BCUT2D eigenvalue weighted by atomic mass is 10.1. The number of rotatable bonds is 8. The molecule has 3 rings (SSSR count). The van der Waals surface area contributed by atoms with E-state index in [0.29, 0.717) is 13.0 Å². The molecular formula is C19H26N4O2S. The highest BCUT2D eigenvalue weighted by Crippen LogP contribution is 2.21. The van der Waals surface area contributed by atoms with Crippen LogP contribution in [0.25, 0.3) is 0 Å². The number of thiazole rings is 1. The topological polar surface area (TPSA) is 66.5 Å². The van der Waals surface area contributed by atoms with E-state index in [-0.39, 0.29) is 5.91 Å². The fourth-order valence-electron chi connectivity index (χ4n) is 2.80. The molecule has 2 N–H and O–H groups in total. The lowest BCUT2D eigenvalue weighted by Gasteiger charge is -2.26. The van der Waals surface area contributed by atoms with E-state index < -0.39 is 0 Å². The van der Waals surface area contributed by atoms with Gasteiger partial charge in [0.25, 0.3) is 0 Å². The van der Waals surface area contributed by atoms with Gasteiger partial charge in [0.15, 0.2) is 5.13 Å². The standard InChI is InChI=1S/C19H26N4O2S/c1-2-15-3-5-16(6-4-15)21-19-22-17(14-26-19)13-18(24)20-7-8-23-9-11-25-12-10-23/h3-6,14H,2,7-13H2,1H3,(H,20,24)(H,21,22). The summed E-state index contributed by atoms with van der Waals surface area (Å²) in [5.74, 6) is 0.0161. The number of aryl methyl sites for hydroxylation is 1. The van der Waals surface area contributed by atoms with Crippen molar-refractivity contribution in [3.63, 3.8) is 0 Å². The van der Waals surface area contributed by atoms with E-state index in [2.05, 4.69) is 51.7 Å². The van der Waals surface area contributed by atoms with Gasteiger partial charge in [0.2, 0.25) is 5.91 Å². The van der Waals surface area contributed by atoms with Crippen molar-refractivity contribution in [1.29, 1.82) is 0 Å². The van der Waals surface area contributed by atoms with Gasteiger partial charge >= 0.3 is 0 Å². The summed E-state index contributed by atoms with van der Waals surface area (Å²) in [6.45, 7) is 7.12. The van der Waals surface area contributed by atoms with Gasteiger partial charge < -0.3 is 15.4 Å². The Morgan fingerprint density at radius 1 is 1.27 bits per heavy atom. The lowest BCUT2D eigenvalue weighted by molar-refractivity contribution is -0.120. The van der Waals surface area contributed by atoms with Crippen LogP contribution < -0.4 is 10.6 Å². The number of carbonyl (C=O) groups excluding carboxylic acids is 1. The molecule has 1 aliphatic rings. The zero-order valence-electron chi connectivity index (χ0n) is 15.2. The number of anilines is 2. The Kier molecular flexibility index (Phi) is 6.99. The van der Waals surface area contributed by atoms with Crippen LogP contribution in [0.3, 0.4) is 0 Å². The van der Waals surface area contributed by atoms with Crippen molar-refractivity contribution in [2.75, 3.05) is 44.7 Å². The Balaban J connectivity index is 1.41. The molecule has 2 heterocycles. The Morgan fingerprint density at radius 3 is 2.77 bits per heavy atom. The van der Waals surface area contributed by atoms with E-state index in [1.807, 2.05) is 5.38 Å². The predicted octanol–water partition coefficient (Wildman–Crippen LogP) is 2.44. The number of amides is 1. The van der Waals surface area contributed by atoms with Crippen LogP contribution in [0.15, 0.2) is 29.6 Å². The summed E-state index contributed by atoms with van der Waals surface area (Å²) in [6, 6.07) is 8.33. The molecule has 7 heteroatoms. The molecule has 0 saturated carbocycles. The molecule has 140 valence electrons. The van der Waals surface area contributed by atoms with Crippen molar-refractivity contribution >= 4 is 28.1 Å². The largest absolute Gasteiger partial charge is 0.379 e. The first-order chi connectivity index (χ1) is 12.7.